The topological polar surface area (TPSA) is 51.5 Å². The summed E-state index contributed by atoms with van der Waals surface area (Å²) in [6.07, 6.45) is 1.55. The lowest BCUT2D eigenvalue weighted by Gasteiger charge is -2.25. The predicted octanol–water partition coefficient (Wildman–Crippen LogP) is 12.0. The van der Waals surface area contributed by atoms with Crippen LogP contribution in [0.2, 0.25) is 0 Å². The molecule has 0 fully saturated rings. The zero-order chi connectivity index (χ0) is 37.4. The van der Waals surface area contributed by atoms with Crippen molar-refractivity contribution in [2.75, 3.05) is 0 Å². The molecular formula is C51H39N5. The van der Waals surface area contributed by atoms with Crippen LogP contribution in [0.4, 0.5) is 0 Å². The average Bonchev–Trinajstić information content (AvgIpc) is 3.76. The van der Waals surface area contributed by atoms with Gasteiger partial charge < -0.3 is 9.13 Å². The molecule has 0 radical (unpaired) electrons. The van der Waals surface area contributed by atoms with E-state index in [4.69, 9.17) is 10.8 Å². The van der Waals surface area contributed by atoms with Gasteiger partial charge in [0.25, 0.3) is 0 Å². The maximum absolute atomic E-state index is 6.74. The van der Waals surface area contributed by atoms with Crippen molar-refractivity contribution in [3.05, 3.63) is 217 Å². The lowest BCUT2D eigenvalue weighted by molar-refractivity contribution is 0.199. The van der Waals surface area contributed by atoms with Crippen molar-refractivity contribution in [3.63, 3.8) is 0 Å². The van der Waals surface area contributed by atoms with Gasteiger partial charge in [0, 0.05) is 45.7 Å². The van der Waals surface area contributed by atoms with E-state index in [-0.39, 0.29) is 6.17 Å². The van der Waals surface area contributed by atoms with Crippen molar-refractivity contribution < 1.29 is 0 Å². The Hall–Kier alpha value is -7.05. The quantitative estimate of drug-likeness (QED) is 0.0916. The molecule has 10 aromatic rings. The number of hydrogen-bond donors (Lipinski definition) is 1. The van der Waals surface area contributed by atoms with Crippen LogP contribution >= 0.6 is 0 Å². The number of aromatic nitrogens is 2. The van der Waals surface area contributed by atoms with Crippen molar-refractivity contribution in [2.24, 2.45) is 10.8 Å². The maximum Gasteiger partial charge on any atom is 0.140 e. The molecule has 0 aliphatic rings. The summed E-state index contributed by atoms with van der Waals surface area (Å²) in [5, 5.41) is 6.80. The van der Waals surface area contributed by atoms with Gasteiger partial charge in [-0.15, -0.1) is 0 Å². The molecular weight excluding hydrogens is 683 g/mol. The molecule has 0 aliphatic heterocycles. The largest absolute Gasteiger partial charge is 0.309 e. The number of benzene rings is 8. The fraction of sp³-hybridized carbons (Fsp3) is 0.0392. The van der Waals surface area contributed by atoms with Crippen LogP contribution in [-0.4, -0.2) is 20.4 Å². The summed E-state index contributed by atoms with van der Waals surface area (Å²) in [6.45, 7) is 0.573. The smallest absolute Gasteiger partial charge is 0.140 e. The van der Waals surface area contributed by atoms with E-state index in [1.165, 1.54) is 43.6 Å². The first-order valence-corrected chi connectivity index (χ1v) is 19.1. The third-order valence-corrected chi connectivity index (χ3v) is 10.8. The number of hydrogen-bond acceptors (Lipinski definition) is 3. The van der Waals surface area contributed by atoms with Gasteiger partial charge in [0.1, 0.15) is 6.17 Å². The molecule has 10 rings (SSSR count). The number of fused-ring (bicyclic) bond motifs is 6. The van der Waals surface area contributed by atoms with Gasteiger partial charge >= 0.3 is 0 Å². The third-order valence-electron chi connectivity index (χ3n) is 10.8. The first kappa shape index (κ1) is 33.5. The number of hydrazine groups is 1. The summed E-state index contributed by atoms with van der Waals surface area (Å²) in [6, 6.07) is 70.9. The number of nitrogens with two attached hydrogens (primary N) is 1. The second kappa shape index (κ2) is 14.3. The zero-order valence-corrected chi connectivity index (χ0v) is 30.8. The normalized spacial score (nSPS) is 12.5. The molecule has 268 valence electrons. The lowest BCUT2D eigenvalue weighted by atomic mass is 10.0. The molecule has 0 saturated heterocycles. The molecule has 0 saturated carbocycles. The van der Waals surface area contributed by atoms with Crippen LogP contribution in [0.3, 0.4) is 0 Å². The van der Waals surface area contributed by atoms with Crippen molar-refractivity contribution in [3.8, 4) is 22.5 Å². The Labute approximate surface area is 325 Å². The first-order chi connectivity index (χ1) is 27.7. The van der Waals surface area contributed by atoms with Crippen LogP contribution in [0, 0.1) is 0 Å². The van der Waals surface area contributed by atoms with Crippen LogP contribution in [0.15, 0.2) is 205 Å². The van der Waals surface area contributed by atoms with E-state index >= 15 is 0 Å². The van der Waals surface area contributed by atoms with E-state index < -0.39 is 0 Å². The molecule has 0 spiro atoms. The summed E-state index contributed by atoms with van der Waals surface area (Å²) < 4.78 is 4.80. The zero-order valence-electron chi connectivity index (χ0n) is 30.8. The first-order valence-electron chi connectivity index (χ1n) is 19.1. The Morgan fingerprint density at radius 3 is 1.54 bits per heavy atom. The van der Waals surface area contributed by atoms with E-state index in [1.807, 2.05) is 42.6 Å². The minimum absolute atomic E-state index is 0.353. The SMILES string of the molecule is NN(Cc1ccccc1)C(/N=C/c1ccccc1)c1ccc(-c2ccc(-n3c4ccccc4c4cc5c6ccccc6n(-c6ccccc6)c5cc43)cc2)cc1. The van der Waals surface area contributed by atoms with E-state index in [0.29, 0.717) is 6.54 Å². The van der Waals surface area contributed by atoms with Gasteiger partial charge in [-0.1, -0.05) is 152 Å². The number of nitrogens with zero attached hydrogens (tertiary/aromatic N) is 4. The van der Waals surface area contributed by atoms with Gasteiger partial charge in [-0.2, -0.15) is 0 Å². The summed E-state index contributed by atoms with van der Waals surface area (Å²) in [7, 11) is 0. The molecule has 0 bridgehead atoms. The predicted molar refractivity (Wildman–Crippen MR) is 234 cm³/mol. The van der Waals surface area contributed by atoms with E-state index in [9.17, 15) is 0 Å². The molecule has 1 atom stereocenters. The molecule has 8 aromatic carbocycles. The number of aliphatic imine (C=N–C) groups is 1. The molecule has 2 aromatic heterocycles. The van der Waals surface area contributed by atoms with E-state index in [0.717, 1.165) is 39.2 Å². The van der Waals surface area contributed by atoms with E-state index in [2.05, 4.69) is 173 Å². The monoisotopic (exact) mass is 721 g/mol. The Balaban J connectivity index is 1.02. The highest BCUT2D eigenvalue weighted by Gasteiger charge is 2.19. The third kappa shape index (κ3) is 6.06. The summed E-state index contributed by atoms with van der Waals surface area (Å²) in [4.78, 5) is 4.98. The fourth-order valence-corrected chi connectivity index (χ4v) is 8.15. The Bertz CT molecular complexity index is 2980. The van der Waals surface area contributed by atoms with Crippen LogP contribution < -0.4 is 5.84 Å². The summed E-state index contributed by atoms with van der Waals surface area (Å²) >= 11 is 0. The molecule has 56 heavy (non-hydrogen) atoms. The fourth-order valence-electron chi connectivity index (χ4n) is 8.15. The van der Waals surface area contributed by atoms with Gasteiger partial charge in [0.05, 0.1) is 22.1 Å². The van der Waals surface area contributed by atoms with Crippen molar-refractivity contribution >= 4 is 49.8 Å². The molecule has 2 heterocycles. The van der Waals surface area contributed by atoms with Crippen LogP contribution in [-0.2, 0) is 6.54 Å². The number of rotatable bonds is 9. The molecule has 2 N–H and O–H groups in total. The van der Waals surface area contributed by atoms with Gasteiger partial charge in [-0.3, -0.25) is 10.8 Å². The Kier molecular flexibility index (Phi) is 8.56. The second-order valence-corrected chi connectivity index (χ2v) is 14.3. The standard InChI is InChI=1S/C51H39N5/c52-54(35-37-16-6-2-7-17-37)51(53-34-36-14-4-1-5-15-36)40-26-24-38(25-27-40)39-28-30-42(31-29-39)56-48-23-13-11-21-44(48)46-32-45-43-20-10-12-22-47(43)55(49(45)33-50(46)56)41-18-8-3-9-19-41/h1-34,51H,35,52H2/b53-34+. The maximum atomic E-state index is 6.74. The minimum atomic E-state index is -0.353. The average molecular weight is 722 g/mol. The molecule has 0 amide bonds. The van der Waals surface area contributed by atoms with E-state index in [1.54, 1.807) is 5.01 Å². The molecule has 5 heteroatoms. The van der Waals surface area contributed by atoms with Crippen molar-refractivity contribution in [2.45, 2.75) is 12.7 Å². The lowest BCUT2D eigenvalue weighted by Crippen LogP contribution is -2.34. The van der Waals surface area contributed by atoms with Gasteiger partial charge in [0.2, 0.25) is 0 Å². The molecule has 5 nitrogen and oxygen atoms in total. The van der Waals surface area contributed by atoms with Gasteiger partial charge in [-0.25, -0.2) is 5.01 Å². The van der Waals surface area contributed by atoms with Gasteiger partial charge in [0.15, 0.2) is 0 Å². The molecule has 1 unspecified atom stereocenters. The number of para-hydroxylation sites is 3. The van der Waals surface area contributed by atoms with Crippen LogP contribution in [0.1, 0.15) is 22.9 Å². The minimum Gasteiger partial charge on any atom is -0.309 e. The highest BCUT2D eigenvalue weighted by Crippen LogP contribution is 2.40. The van der Waals surface area contributed by atoms with Crippen LogP contribution in [0.5, 0.6) is 0 Å². The summed E-state index contributed by atoms with van der Waals surface area (Å²) in [5.74, 6) is 6.74. The molecule has 0 aliphatic carbocycles. The van der Waals surface area contributed by atoms with Crippen molar-refractivity contribution in [1.82, 2.24) is 14.1 Å². The second-order valence-electron chi connectivity index (χ2n) is 14.3. The van der Waals surface area contributed by atoms with Gasteiger partial charge in [-0.05, 0) is 76.3 Å². The summed E-state index contributed by atoms with van der Waals surface area (Å²) in [5.41, 5.74) is 12.5. The highest BCUT2D eigenvalue weighted by molar-refractivity contribution is 6.19. The Morgan fingerprint density at radius 2 is 0.946 bits per heavy atom. The Morgan fingerprint density at radius 1 is 0.464 bits per heavy atom. The van der Waals surface area contributed by atoms with Crippen LogP contribution in [0.25, 0.3) is 66.1 Å². The van der Waals surface area contributed by atoms with Crippen molar-refractivity contribution in [1.29, 1.82) is 0 Å². The highest BCUT2D eigenvalue weighted by atomic mass is 15.5.